The molecule has 0 radical (unpaired) electrons. The third kappa shape index (κ3) is 3.07. The van der Waals surface area contributed by atoms with E-state index in [-0.39, 0.29) is 11.4 Å². The number of benzene rings is 1. The van der Waals surface area contributed by atoms with E-state index >= 15 is 0 Å². The molecule has 0 saturated heterocycles. The summed E-state index contributed by atoms with van der Waals surface area (Å²) >= 11 is 0. The highest BCUT2D eigenvalue weighted by atomic mass is 16.4. The summed E-state index contributed by atoms with van der Waals surface area (Å²) in [6.45, 7) is 1.63. The molecule has 0 amide bonds. The second-order valence-corrected chi connectivity index (χ2v) is 6.65. The lowest BCUT2D eigenvalue weighted by Crippen LogP contribution is -2.14. The van der Waals surface area contributed by atoms with Gasteiger partial charge in [-0.2, -0.15) is 5.26 Å². The lowest BCUT2D eigenvalue weighted by Gasteiger charge is -2.10. The first-order valence-corrected chi connectivity index (χ1v) is 8.95. The van der Waals surface area contributed by atoms with Crippen LogP contribution in [0, 0.1) is 11.3 Å². The number of para-hydroxylation sites is 1. The van der Waals surface area contributed by atoms with Crippen molar-refractivity contribution in [3.8, 4) is 28.5 Å². The average molecular weight is 383 g/mol. The van der Waals surface area contributed by atoms with Crippen LogP contribution in [-0.2, 0) is 4.79 Å². The molecule has 142 valence electrons. The van der Waals surface area contributed by atoms with Gasteiger partial charge in [0.2, 0.25) is 0 Å². The van der Waals surface area contributed by atoms with Gasteiger partial charge in [-0.25, -0.2) is 9.78 Å². The number of nitrogens with two attached hydrogens (primary N) is 1. The molecule has 0 aliphatic rings. The molecule has 3 N–H and O–H groups in total. The van der Waals surface area contributed by atoms with Crippen LogP contribution < -0.4 is 5.73 Å². The Bertz CT molecular complexity index is 1270. The number of aromatic nitrogens is 3. The quantitative estimate of drug-likeness (QED) is 0.552. The lowest BCUT2D eigenvalue weighted by atomic mass is 9.99. The molecule has 3 aromatic heterocycles. The van der Waals surface area contributed by atoms with Gasteiger partial charge in [0.15, 0.2) is 0 Å². The molecular weight excluding hydrogens is 366 g/mol. The van der Waals surface area contributed by atoms with Crippen molar-refractivity contribution >= 4 is 22.7 Å². The van der Waals surface area contributed by atoms with Crippen molar-refractivity contribution in [2.45, 2.75) is 13.0 Å². The molecule has 7 heteroatoms. The maximum atomic E-state index is 11.6. The van der Waals surface area contributed by atoms with Crippen LogP contribution >= 0.6 is 0 Å². The highest BCUT2D eigenvalue weighted by Crippen LogP contribution is 2.36. The normalized spacial score (nSPS) is 11.9. The fourth-order valence-electron chi connectivity index (χ4n) is 3.42. The second-order valence-electron chi connectivity index (χ2n) is 6.65. The minimum absolute atomic E-state index is 0.118. The lowest BCUT2D eigenvalue weighted by molar-refractivity contribution is -0.140. The Hall–Kier alpha value is -4.18. The van der Waals surface area contributed by atoms with Gasteiger partial charge in [0.05, 0.1) is 5.69 Å². The standard InChI is InChI=1S/C22H17N5O2/c1-13(22(28)29)27-12-18(15-6-2-3-7-20(15)27)19-9-16(14-5-4-8-25-11-14)17(10-23)21(24)26-19/h2-9,11-13H,1H3,(H2,24,26)(H,28,29)/t13-/m1/s1. The first-order chi connectivity index (χ1) is 14.0. The van der Waals surface area contributed by atoms with Crippen LogP contribution in [-0.4, -0.2) is 25.6 Å². The van der Waals surface area contributed by atoms with Crippen LogP contribution in [0.4, 0.5) is 5.82 Å². The molecule has 4 aromatic rings. The number of aliphatic carboxylic acids is 1. The van der Waals surface area contributed by atoms with Crippen LogP contribution in [0.25, 0.3) is 33.3 Å². The molecule has 29 heavy (non-hydrogen) atoms. The Morgan fingerprint density at radius 2 is 2.03 bits per heavy atom. The number of hydrogen-bond acceptors (Lipinski definition) is 5. The summed E-state index contributed by atoms with van der Waals surface area (Å²) in [6.07, 6.45) is 5.08. The highest BCUT2D eigenvalue weighted by Gasteiger charge is 2.21. The van der Waals surface area contributed by atoms with E-state index in [1.165, 1.54) is 0 Å². The number of fused-ring (bicyclic) bond motifs is 1. The molecule has 0 aliphatic heterocycles. The minimum atomic E-state index is -0.930. The molecule has 1 atom stereocenters. The van der Waals surface area contributed by atoms with E-state index in [2.05, 4.69) is 16.0 Å². The van der Waals surface area contributed by atoms with E-state index in [1.54, 1.807) is 42.2 Å². The zero-order valence-electron chi connectivity index (χ0n) is 15.6. The summed E-state index contributed by atoms with van der Waals surface area (Å²) in [4.78, 5) is 20.1. The number of carboxylic acids is 1. The topological polar surface area (TPSA) is 118 Å². The maximum Gasteiger partial charge on any atom is 0.326 e. The number of nitrogens with zero attached hydrogens (tertiary/aromatic N) is 4. The third-order valence-corrected chi connectivity index (χ3v) is 4.92. The first-order valence-electron chi connectivity index (χ1n) is 8.95. The number of nitrogen functional groups attached to an aromatic ring is 1. The number of hydrogen-bond donors (Lipinski definition) is 2. The first kappa shape index (κ1) is 18.2. The molecule has 0 spiro atoms. The van der Waals surface area contributed by atoms with Crippen molar-refractivity contribution in [3.05, 3.63) is 66.6 Å². The summed E-state index contributed by atoms with van der Waals surface area (Å²) in [6, 6.07) is 14.3. The Morgan fingerprint density at radius 3 is 2.72 bits per heavy atom. The Labute approximate surface area is 166 Å². The van der Waals surface area contributed by atoms with E-state index in [1.807, 2.05) is 30.3 Å². The van der Waals surface area contributed by atoms with Crippen LogP contribution in [0.15, 0.2) is 61.1 Å². The van der Waals surface area contributed by atoms with Gasteiger partial charge in [0.1, 0.15) is 23.5 Å². The number of pyridine rings is 2. The molecule has 0 unspecified atom stereocenters. The number of carbonyl (C=O) groups is 1. The van der Waals surface area contributed by atoms with Crippen LogP contribution in [0.1, 0.15) is 18.5 Å². The Kier molecular flexibility index (Phi) is 4.45. The number of carboxylic acid groups (broad SMARTS) is 1. The monoisotopic (exact) mass is 383 g/mol. The van der Waals surface area contributed by atoms with Crippen molar-refractivity contribution in [3.63, 3.8) is 0 Å². The van der Waals surface area contributed by atoms with Gasteiger partial charge in [-0.05, 0) is 25.1 Å². The van der Waals surface area contributed by atoms with Gasteiger partial charge < -0.3 is 15.4 Å². The van der Waals surface area contributed by atoms with E-state index in [4.69, 9.17) is 5.73 Å². The predicted octanol–water partition coefficient (Wildman–Crippen LogP) is 3.86. The van der Waals surface area contributed by atoms with Gasteiger partial charge in [-0.3, -0.25) is 4.98 Å². The van der Waals surface area contributed by atoms with E-state index in [0.29, 0.717) is 11.3 Å². The van der Waals surface area contributed by atoms with Gasteiger partial charge in [0, 0.05) is 46.2 Å². The molecule has 7 nitrogen and oxygen atoms in total. The van der Waals surface area contributed by atoms with Crippen LogP contribution in [0.3, 0.4) is 0 Å². The fourth-order valence-corrected chi connectivity index (χ4v) is 3.42. The molecular formula is C22H17N5O2. The summed E-state index contributed by atoms with van der Waals surface area (Å²) in [5, 5.41) is 19.9. The summed E-state index contributed by atoms with van der Waals surface area (Å²) in [5.41, 5.74) is 9.87. The van der Waals surface area contributed by atoms with Gasteiger partial charge in [-0.15, -0.1) is 0 Å². The second kappa shape index (κ2) is 7.09. The van der Waals surface area contributed by atoms with Crippen LogP contribution in [0.5, 0.6) is 0 Å². The number of anilines is 1. The third-order valence-electron chi connectivity index (χ3n) is 4.92. The molecule has 0 fully saturated rings. The van der Waals surface area contributed by atoms with E-state index < -0.39 is 12.0 Å². The fraction of sp³-hybridized carbons (Fsp3) is 0.0909. The summed E-state index contributed by atoms with van der Waals surface area (Å²) < 4.78 is 1.70. The minimum Gasteiger partial charge on any atom is -0.480 e. The van der Waals surface area contributed by atoms with Crippen molar-refractivity contribution in [1.82, 2.24) is 14.5 Å². The molecule has 0 bridgehead atoms. The highest BCUT2D eigenvalue weighted by molar-refractivity contribution is 5.97. The molecule has 0 aliphatic carbocycles. The zero-order chi connectivity index (χ0) is 20.5. The number of rotatable bonds is 4. The molecule has 4 rings (SSSR count). The largest absolute Gasteiger partial charge is 0.480 e. The number of nitriles is 1. The molecule has 1 aromatic carbocycles. The van der Waals surface area contributed by atoms with Crippen molar-refractivity contribution in [2.75, 3.05) is 5.73 Å². The Balaban J connectivity index is 1.99. The zero-order valence-corrected chi connectivity index (χ0v) is 15.6. The average Bonchev–Trinajstić information content (AvgIpc) is 3.13. The van der Waals surface area contributed by atoms with E-state index in [9.17, 15) is 15.2 Å². The molecule has 0 saturated carbocycles. The summed E-state index contributed by atoms with van der Waals surface area (Å²) in [7, 11) is 0. The van der Waals surface area contributed by atoms with Crippen molar-refractivity contribution in [2.24, 2.45) is 0 Å². The van der Waals surface area contributed by atoms with Gasteiger partial charge in [-0.1, -0.05) is 24.3 Å². The molecule has 3 heterocycles. The van der Waals surface area contributed by atoms with Gasteiger partial charge >= 0.3 is 5.97 Å². The predicted molar refractivity (Wildman–Crippen MR) is 110 cm³/mol. The maximum absolute atomic E-state index is 11.6. The van der Waals surface area contributed by atoms with Crippen molar-refractivity contribution < 1.29 is 9.90 Å². The van der Waals surface area contributed by atoms with Crippen LogP contribution in [0.2, 0.25) is 0 Å². The van der Waals surface area contributed by atoms with Gasteiger partial charge in [0.25, 0.3) is 0 Å². The van der Waals surface area contributed by atoms with E-state index in [0.717, 1.165) is 22.0 Å². The Morgan fingerprint density at radius 1 is 1.24 bits per heavy atom. The smallest absolute Gasteiger partial charge is 0.326 e. The van der Waals surface area contributed by atoms with Crippen molar-refractivity contribution in [1.29, 1.82) is 5.26 Å². The SMILES string of the molecule is C[C@H](C(=O)O)n1cc(-c2cc(-c3cccnc3)c(C#N)c(N)n2)c2ccccc21. The summed E-state index contributed by atoms with van der Waals surface area (Å²) in [5.74, 6) is -0.812.